The second-order valence-electron chi connectivity index (χ2n) is 4.05. The Kier molecular flexibility index (Phi) is 4.51. The molecule has 19 heavy (non-hydrogen) atoms. The molecule has 2 aromatic rings. The van der Waals surface area contributed by atoms with Crippen molar-refractivity contribution in [2.45, 2.75) is 4.90 Å². The molecule has 0 unspecified atom stereocenters. The zero-order chi connectivity index (χ0) is 13.8. The molecule has 98 valence electrons. The van der Waals surface area contributed by atoms with Gasteiger partial charge in [-0.15, -0.1) is 11.8 Å². The molecule has 0 fully saturated rings. The van der Waals surface area contributed by atoms with Crippen molar-refractivity contribution in [2.24, 2.45) is 0 Å². The first-order valence-corrected chi connectivity index (χ1v) is 7.40. The fourth-order valence-corrected chi connectivity index (χ4v) is 2.38. The fourth-order valence-electron chi connectivity index (χ4n) is 1.74. The molecular formula is C15H14ClNOS. The van der Waals surface area contributed by atoms with Crippen molar-refractivity contribution in [3.8, 4) is 0 Å². The first-order chi connectivity index (χ1) is 9.13. The Morgan fingerprint density at radius 1 is 1.16 bits per heavy atom. The minimum Gasteiger partial charge on any atom is -0.311 e. The molecular weight excluding hydrogens is 278 g/mol. The number of rotatable bonds is 3. The van der Waals surface area contributed by atoms with E-state index in [1.165, 1.54) is 0 Å². The summed E-state index contributed by atoms with van der Waals surface area (Å²) in [6.45, 7) is 0. The topological polar surface area (TPSA) is 20.3 Å². The number of hydrogen-bond donors (Lipinski definition) is 0. The zero-order valence-electron chi connectivity index (χ0n) is 10.8. The van der Waals surface area contributed by atoms with Gasteiger partial charge in [0.05, 0.1) is 10.6 Å². The van der Waals surface area contributed by atoms with E-state index in [4.69, 9.17) is 11.6 Å². The lowest BCUT2D eigenvalue weighted by Gasteiger charge is -2.18. The van der Waals surface area contributed by atoms with Gasteiger partial charge < -0.3 is 4.90 Å². The molecule has 0 radical (unpaired) electrons. The Morgan fingerprint density at radius 3 is 2.47 bits per heavy atom. The molecule has 0 spiro atoms. The minimum absolute atomic E-state index is 0.105. The van der Waals surface area contributed by atoms with E-state index < -0.39 is 0 Å². The molecule has 0 aliphatic carbocycles. The molecule has 0 aliphatic rings. The summed E-state index contributed by atoms with van der Waals surface area (Å²) < 4.78 is 0. The average Bonchev–Trinajstić information content (AvgIpc) is 2.47. The Labute approximate surface area is 122 Å². The van der Waals surface area contributed by atoms with Crippen LogP contribution in [-0.2, 0) is 0 Å². The van der Waals surface area contributed by atoms with Gasteiger partial charge in [0.15, 0.2) is 0 Å². The van der Waals surface area contributed by atoms with Gasteiger partial charge in [-0.05, 0) is 36.6 Å². The predicted molar refractivity (Wildman–Crippen MR) is 82.4 cm³/mol. The summed E-state index contributed by atoms with van der Waals surface area (Å²) >= 11 is 7.71. The highest BCUT2D eigenvalue weighted by Gasteiger charge is 2.16. The first kappa shape index (κ1) is 14.0. The van der Waals surface area contributed by atoms with Gasteiger partial charge in [0.2, 0.25) is 0 Å². The third-order valence-electron chi connectivity index (χ3n) is 2.85. The quantitative estimate of drug-likeness (QED) is 0.784. The summed E-state index contributed by atoms with van der Waals surface area (Å²) in [5.41, 5.74) is 1.37. The van der Waals surface area contributed by atoms with Crippen molar-refractivity contribution in [1.82, 2.24) is 0 Å². The molecule has 2 rings (SSSR count). The van der Waals surface area contributed by atoms with Crippen molar-refractivity contribution in [2.75, 3.05) is 18.2 Å². The van der Waals surface area contributed by atoms with Crippen molar-refractivity contribution in [3.05, 3.63) is 59.1 Å². The van der Waals surface area contributed by atoms with Gasteiger partial charge >= 0.3 is 0 Å². The maximum atomic E-state index is 12.5. The number of thioether (sulfide) groups is 1. The number of nitrogens with zero attached hydrogens (tertiary/aromatic N) is 1. The molecule has 0 aliphatic heterocycles. The lowest BCUT2D eigenvalue weighted by Crippen LogP contribution is -2.26. The Hall–Kier alpha value is -1.45. The second-order valence-corrected chi connectivity index (χ2v) is 5.33. The van der Waals surface area contributed by atoms with E-state index in [0.717, 1.165) is 10.6 Å². The first-order valence-electron chi connectivity index (χ1n) is 5.80. The van der Waals surface area contributed by atoms with E-state index in [1.54, 1.807) is 29.8 Å². The Balaban J connectivity index is 2.34. The molecule has 2 nitrogen and oxygen atoms in total. The average molecular weight is 292 g/mol. The SMILES string of the molecule is CSc1ccc(Cl)c(C(=O)N(C)c2ccccc2)c1. The van der Waals surface area contributed by atoms with Crippen molar-refractivity contribution >= 4 is 35.0 Å². The van der Waals surface area contributed by atoms with Crippen molar-refractivity contribution < 1.29 is 4.79 Å². The summed E-state index contributed by atoms with van der Waals surface area (Å²) in [6, 6.07) is 15.0. The molecule has 0 bridgehead atoms. The number of carbonyl (C=O) groups is 1. The number of hydrogen-bond acceptors (Lipinski definition) is 2. The predicted octanol–water partition coefficient (Wildman–Crippen LogP) is 4.34. The maximum absolute atomic E-state index is 12.5. The monoisotopic (exact) mass is 291 g/mol. The lowest BCUT2D eigenvalue weighted by atomic mass is 10.2. The summed E-state index contributed by atoms with van der Waals surface area (Å²) in [7, 11) is 1.75. The van der Waals surface area contributed by atoms with Gasteiger partial charge in [-0.3, -0.25) is 4.79 Å². The van der Waals surface area contributed by atoms with E-state index in [2.05, 4.69) is 0 Å². The minimum atomic E-state index is -0.105. The van der Waals surface area contributed by atoms with E-state index in [0.29, 0.717) is 10.6 Å². The van der Waals surface area contributed by atoms with Crippen LogP contribution in [0.4, 0.5) is 5.69 Å². The van der Waals surface area contributed by atoms with E-state index in [-0.39, 0.29) is 5.91 Å². The highest BCUT2D eigenvalue weighted by molar-refractivity contribution is 7.98. The number of anilines is 1. The van der Waals surface area contributed by atoms with E-state index in [9.17, 15) is 4.79 Å². The molecule has 0 heterocycles. The molecule has 0 N–H and O–H groups in total. The zero-order valence-corrected chi connectivity index (χ0v) is 12.3. The molecule has 0 saturated heterocycles. The van der Waals surface area contributed by atoms with Crippen LogP contribution in [0.2, 0.25) is 5.02 Å². The van der Waals surface area contributed by atoms with Crippen LogP contribution in [0.5, 0.6) is 0 Å². The smallest absolute Gasteiger partial charge is 0.259 e. The van der Waals surface area contributed by atoms with Gasteiger partial charge in [0.1, 0.15) is 0 Å². The second kappa shape index (κ2) is 6.13. The van der Waals surface area contributed by atoms with Crippen LogP contribution in [-0.4, -0.2) is 19.2 Å². The molecule has 1 amide bonds. The summed E-state index contributed by atoms with van der Waals surface area (Å²) in [4.78, 5) is 15.1. The molecule has 4 heteroatoms. The normalized spacial score (nSPS) is 10.3. The molecule has 2 aromatic carbocycles. The lowest BCUT2D eigenvalue weighted by molar-refractivity contribution is 0.0993. The summed E-state index contributed by atoms with van der Waals surface area (Å²) in [5.74, 6) is -0.105. The largest absolute Gasteiger partial charge is 0.311 e. The summed E-state index contributed by atoms with van der Waals surface area (Å²) in [6.07, 6.45) is 1.97. The van der Waals surface area contributed by atoms with Gasteiger partial charge in [-0.1, -0.05) is 29.8 Å². The number of para-hydroxylation sites is 1. The number of benzene rings is 2. The van der Waals surface area contributed by atoms with Crippen LogP contribution in [0, 0.1) is 0 Å². The Bertz CT molecular complexity index is 586. The highest BCUT2D eigenvalue weighted by Crippen LogP contribution is 2.25. The maximum Gasteiger partial charge on any atom is 0.259 e. The summed E-state index contributed by atoms with van der Waals surface area (Å²) in [5, 5.41) is 0.477. The molecule has 0 saturated carbocycles. The van der Waals surface area contributed by atoms with Crippen molar-refractivity contribution in [3.63, 3.8) is 0 Å². The Morgan fingerprint density at radius 2 is 1.84 bits per heavy atom. The molecule has 0 atom stereocenters. The number of amides is 1. The van der Waals surface area contributed by atoms with Crippen LogP contribution in [0.1, 0.15) is 10.4 Å². The van der Waals surface area contributed by atoms with Gasteiger partial charge in [0, 0.05) is 17.6 Å². The standard InChI is InChI=1S/C15H14ClNOS/c1-17(11-6-4-3-5-7-11)15(18)13-10-12(19-2)8-9-14(13)16/h3-10H,1-2H3. The third kappa shape index (κ3) is 3.11. The number of carbonyl (C=O) groups excluding carboxylic acids is 1. The van der Waals surface area contributed by atoms with E-state index in [1.807, 2.05) is 48.7 Å². The van der Waals surface area contributed by atoms with Gasteiger partial charge in [-0.25, -0.2) is 0 Å². The van der Waals surface area contributed by atoms with Crippen LogP contribution in [0.15, 0.2) is 53.4 Å². The highest BCUT2D eigenvalue weighted by atomic mass is 35.5. The molecule has 0 aromatic heterocycles. The third-order valence-corrected chi connectivity index (χ3v) is 3.91. The van der Waals surface area contributed by atoms with Gasteiger partial charge in [-0.2, -0.15) is 0 Å². The van der Waals surface area contributed by atoms with Crippen molar-refractivity contribution in [1.29, 1.82) is 0 Å². The fraction of sp³-hybridized carbons (Fsp3) is 0.133. The van der Waals surface area contributed by atoms with Crippen LogP contribution in [0.3, 0.4) is 0 Å². The van der Waals surface area contributed by atoms with Gasteiger partial charge in [0.25, 0.3) is 5.91 Å². The number of halogens is 1. The van der Waals surface area contributed by atoms with Crippen LogP contribution in [0.25, 0.3) is 0 Å². The van der Waals surface area contributed by atoms with Crippen LogP contribution >= 0.6 is 23.4 Å². The van der Waals surface area contributed by atoms with Crippen LogP contribution < -0.4 is 4.90 Å². The van der Waals surface area contributed by atoms with E-state index >= 15 is 0 Å².